The molecule has 1 aromatic rings. The minimum atomic E-state index is -3.97. The number of carbonyl (C=O) groups excluding carboxylic acids is 1. The van der Waals surface area contributed by atoms with Gasteiger partial charge < -0.3 is 10.1 Å². The van der Waals surface area contributed by atoms with Gasteiger partial charge in [0.2, 0.25) is 0 Å². The van der Waals surface area contributed by atoms with Crippen molar-refractivity contribution in [3.8, 4) is 0 Å². The number of hydrogen-bond donors (Lipinski definition) is 2. The maximum Gasteiger partial charge on any atom is 0.311 e. The van der Waals surface area contributed by atoms with Crippen molar-refractivity contribution in [2.24, 2.45) is 4.99 Å². The van der Waals surface area contributed by atoms with Crippen LogP contribution in [-0.4, -0.2) is 25.2 Å². The predicted octanol–water partition coefficient (Wildman–Crippen LogP) is 2.81. The molecule has 1 heterocycles. The van der Waals surface area contributed by atoms with E-state index in [1.165, 1.54) is 36.6 Å². The second-order valence-corrected chi connectivity index (χ2v) is 6.51. The first-order chi connectivity index (χ1) is 13.4. The molecule has 9 heteroatoms. The Morgan fingerprint density at radius 1 is 1.18 bits per heavy atom. The van der Waals surface area contributed by atoms with Crippen LogP contribution in [0.5, 0.6) is 0 Å². The molecule has 0 aliphatic heterocycles. The second-order valence-electron chi connectivity index (χ2n) is 4.82. The van der Waals surface area contributed by atoms with Crippen LogP contribution in [0.1, 0.15) is 0 Å². The third kappa shape index (κ3) is 6.89. The lowest BCUT2D eigenvalue weighted by atomic mass is 10.3. The summed E-state index contributed by atoms with van der Waals surface area (Å²) in [5, 5.41) is 2.43. The number of aromatic nitrogens is 1. The maximum absolute atomic E-state index is 12.6. The summed E-state index contributed by atoms with van der Waals surface area (Å²) >= 11 is 0. The molecule has 0 bridgehead atoms. The van der Waals surface area contributed by atoms with Crippen LogP contribution in [0, 0.1) is 0 Å². The van der Waals surface area contributed by atoms with Crippen molar-refractivity contribution in [2.75, 3.05) is 5.32 Å². The van der Waals surface area contributed by atoms with E-state index in [0.717, 1.165) is 18.7 Å². The summed E-state index contributed by atoms with van der Waals surface area (Å²) in [6.45, 7) is 13.8. The fourth-order valence-electron chi connectivity index (χ4n) is 1.76. The summed E-state index contributed by atoms with van der Waals surface area (Å²) in [7, 11) is -3.97. The minimum absolute atomic E-state index is 0.119. The Labute approximate surface area is 164 Å². The molecule has 0 saturated carbocycles. The largest absolute Gasteiger partial charge is 0.443 e. The van der Waals surface area contributed by atoms with Gasteiger partial charge in [0, 0.05) is 18.1 Å². The van der Waals surface area contributed by atoms with E-state index in [1.807, 2.05) is 0 Å². The smallest absolute Gasteiger partial charge is 0.311 e. The molecule has 28 heavy (non-hydrogen) atoms. The lowest BCUT2D eigenvalue weighted by Gasteiger charge is -2.10. The number of allylic oxidation sites excluding steroid dienone is 5. The molecular weight excluding hydrogens is 380 g/mol. The highest BCUT2D eigenvalue weighted by atomic mass is 32.2. The number of pyridine rings is 1. The van der Waals surface area contributed by atoms with E-state index in [1.54, 1.807) is 6.08 Å². The topological polar surface area (TPSA) is 110 Å². The van der Waals surface area contributed by atoms with Crippen molar-refractivity contribution in [3.63, 3.8) is 0 Å². The van der Waals surface area contributed by atoms with Gasteiger partial charge in [-0.05, 0) is 18.2 Å². The lowest BCUT2D eigenvalue weighted by Crippen LogP contribution is -2.25. The highest BCUT2D eigenvalue weighted by Crippen LogP contribution is 2.15. The number of ether oxygens (including phenoxy) is 1. The van der Waals surface area contributed by atoms with Gasteiger partial charge in [0.05, 0.1) is 18.1 Å². The zero-order valence-electron chi connectivity index (χ0n) is 15.0. The number of rotatable bonds is 9. The van der Waals surface area contributed by atoms with Crippen LogP contribution >= 0.6 is 0 Å². The molecule has 0 unspecified atom stereocenters. The zero-order chi connectivity index (χ0) is 21.0. The molecule has 0 aliphatic carbocycles. The number of aliphatic imine (C=N–C) groups is 1. The number of sulfonamides is 1. The highest BCUT2D eigenvalue weighted by Gasteiger charge is 2.18. The van der Waals surface area contributed by atoms with Gasteiger partial charge >= 0.3 is 5.91 Å². The monoisotopic (exact) mass is 400 g/mol. The first-order valence-corrected chi connectivity index (χ1v) is 9.23. The van der Waals surface area contributed by atoms with E-state index in [0.29, 0.717) is 0 Å². The van der Waals surface area contributed by atoms with Crippen LogP contribution < -0.4 is 10.0 Å². The Bertz CT molecular complexity index is 960. The Morgan fingerprint density at radius 2 is 1.93 bits per heavy atom. The first-order valence-electron chi connectivity index (χ1n) is 7.75. The summed E-state index contributed by atoms with van der Waals surface area (Å²) in [6, 6.07) is 1.23. The lowest BCUT2D eigenvalue weighted by molar-refractivity contribution is -0.111. The number of hydrogen-bond acceptors (Lipinski definition) is 6. The number of nitrogens with zero attached hydrogens (tertiary/aromatic N) is 2. The van der Waals surface area contributed by atoms with Gasteiger partial charge in [-0.1, -0.05) is 44.5 Å². The normalized spacial score (nSPS) is 12.1. The fraction of sp³-hybridized carbons (Fsp3) is 0. The molecule has 0 saturated heterocycles. The van der Waals surface area contributed by atoms with Gasteiger partial charge in [-0.3, -0.25) is 14.5 Å². The third-order valence-corrected chi connectivity index (χ3v) is 4.19. The van der Waals surface area contributed by atoms with E-state index >= 15 is 0 Å². The predicted molar refractivity (Wildman–Crippen MR) is 110 cm³/mol. The number of nitrogens with one attached hydrogen (secondary N) is 2. The standard InChI is InChI=1S/C19H20N4O4S/c1-5-9-11-15(10-6-2)23-28(25,26)17-12-16(13-20-14-17)22-18(24)19(21-7-3)27-8-4/h5-14,23H,1-4H2,(H,22,24)/b11-9-,15-10+,21-19-. The average molecular weight is 400 g/mol. The molecule has 0 spiro atoms. The SMILES string of the molecule is C=C/C=C\C(=C/C=C)NS(=O)(=O)c1cncc(NC(=O)/C(=N/C=C)OC=C)c1. The third-order valence-electron chi connectivity index (χ3n) is 2.84. The van der Waals surface area contributed by atoms with Crippen molar-refractivity contribution in [1.29, 1.82) is 0 Å². The average Bonchev–Trinajstić information content (AvgIpc) is 2.66. The molecule has 0 atom stereocenters. The molecule has 0 aliphatic rings. The van der Waals surface area contributed by atoms with E-state index < -0.39 is 15.9 Å². The fourth-order valence-corrected chi connectivity index (χ4v) is 2.81. The first kappa shape index (κ1) is 22.3. The minimum Gasteiger partial charge on any atom is -0.443 e. The van der Waals surface area contributed by atoms with Gasteiger partial charge in [-0.2, -0.15) is 0 Å². The molecule has 0 radical (unpaired) electrons. The van der Waals surface area contributed by atoms with Gasteiger partial charge in [0.25, 0.3) is 15.9 Å². The Hall–Kier alpha value is -3.72. The van der Waals surface area contributed by atoms with E-state index in [-0.39, 0.29) is 22.2 Å². The van der Waals surface area contributed by atoms with Crippen molar-refractivity contribution in [2.45, 2.75) is 4.90 Å². The molecule has 0 fully saturated rings. The van der Waals surface area contributed by atoms with Gasteiger partial charge in [-0.25, -0.2) is 13.4 Å². The van der Waals surface area contributed by atoms with Crippen molar-refractivity contribution >= 4 is 27.5 Å². The van der Waals surface area contributed by atoms with Crippen LogP contribution in [0.4, 0.5) is 5.69 Å². The van der Waals surface area contributed by atoms with E-state index in [9.17, 15) is 13.2 Å². The number of anilines is 1. The second kappa shape index (κ2) is 11.1. The van der Waals surface area contributed by atoms with Gasteiger partial charge in [0.1, 0.15) is 4.90 Å². The van der Waals surface area contributed by atoms with E-state index in [4.69, 9.17) is 4.74 Å². The molecule has 2 N–H and O–H groups in total. The molecule has 8 nitrogen and oxygen atoms in total. The molecule has 1 aromatic heterocycles. The quantitative estimate of drug-likeness (QED) is 0.287. The van der Waals surface area contributed by atoms with E-state index in [2.05, 4.69) is 46.3 Å². The van der Waals surface area contributed by atoms with Crippen LogP contribution in [0.3, 0.4) is 0 Å². The molecule has 146 valence electrons. The number of carbonyl (C=O) groups is 1. The molecule has 0 aromatic carbocycles. The van der Waals surface area contributed by atoms with Gasteiger partial charge in [-0.15, -0.1) is 0 Å². The maximum atomic E-state index is 12.6. The zero-order valence-corrected chi connectivity index (χ0v) is 15.9. The number of amides is 1. The Kier molecular flexibility index (Phi) is 8.84. The van der Waals surface area contributed by atoms with Crippen molar-refractivity contribution in [3.05, 3.63) is 93.3 Å². The van der Waals surface area contributed by atoms with Crippen LogP contribution in [0.2, 0.25) is 0 Å². The van der Waals surface area contributed by atoms with Crippen molar-refractivity contribution < 1.29 is 17.9 Å². The molecule has 1 amide bonds. The summed E-state index contributed by atoms with van der Waals surface area (Å²) in [5.41, 5.74) is 0.386. The molecular formula is C19H20N4O4S. The summed E-state index contributed by atoms with van der Waals surface area (Å²) < 4.78 is 32.4. The summed E-state index contributed by atoms with van der Waals surface area (Å²) in [6.07, 6.45) is 12.0. The summed E-state index contributed by atoms with van der Waals surface area (Å²) in [5.74, 6) is -1.05. The van der Waals surface area contributed by atoms with Crippen LogP contribution in [0.25, 0.3) is 0 Å². The Balaban J connectivity index is 3.11. The summed E-state index contributed by atoms with van der Waals surface area (Å²) in [4.78, 5) is 19.5. The van der Waals surface area contributed by atoms with Crippen LogP contribution in [0.15, 0.2) is 103 Å². The Morgan fingerprint density at radius 3 is 2.54 bits per heavy atom. The van der Waals surface area contributed by atoms with Crippen molar-refractivity contribution in [1.82, 2.24) is 9.71 Å². The van der Waals surface area contributed by atoms with Gasteiger partial charge in [0.15, 0.2) is 0 Å². The molecule has 1 rings (SSSR count). The highest BCUT2D eigenvalue weighted by molar-refractivity contribution is 7.89. The van der Waals surface area contributed by atoms with Crippen LogP contribution in [-0.2, 0) is 19.6 Å².